The van der Waals surface area contributed by atoms with Gasteiger partial charge in [-0.3, -0.25) is 4.90 Å². The molecular weight excluding hydrogens is 436 g/mol. The van der Waals surface area contributed by atoms with E-state index in [-0.39, 0.29) is 0 Å². The highest BCUT2D eigenvalue weighted by molar-refractivity contribution is 6.18. The summed E-state index contributed by atoms with van der Waals surface area (Å²) in [6.45, 7) is 6.06. The van der Waals surface area contributed by atoms with Gasteiger partial charge in [-0.25, -0.2) is 4.98 Å². The quantitative estimate of drug-likeness (QED) is 0.229. The number of hydrogen-bond donors (Lipinski definition) is 0. The van der Waals surface area contributed by atoms with Crippen LogP contribution in [0.4, 0.5) is 11.5 Å². The summed E-state index contributed by atoms with van der Waals surface area (Å²) < 4.78 is 0. The van der Waals surface area contributed by atoms with E-state index in [2.05, 4.69) is 101 Å². The maximum atomic E-state index is 4.61. The van der Waals surface area contributed by atoms with Crippen LogP contribution >= 0.6 is 0 Å². The Kier molecular flexibility index (Phi) is 5.55. The van der Waals surface area contributed by atoms with E-state index in [1.54, 1.807) is 0 Å². The predicted molar refractivity (Wildman–Crippen MR) is 153 cm³/mol. The van der Waals surface area contributed by atoms with Crippen LogP contribution in [0.3, 0.4) is 0 Å². The summed E-state index contributed by atoms with van der Waals surface area (Å²) in [5, 5.41) is 2.63. The Labute approximate surface area is 212 Å². The maximum absolute atomic E-state index is 4.61. The van der Waals surface area contributed by atoms with Crippen molar-refractivity contribution in [3.05, 3.63) is 140 Å². The van der Waals surface area contributed by atoms with Crippen molar-refractivity contribution < 1.29 is 0 Å². The van der Waals surface area contributed by atoms with Crippen LogP contribution in [0.25, 0.3) is 44.2 Å². The maximum Gasteiger partial charge on any atom is 0.137 e. The Morgan fingerprint density at radius 3 is 2.11 bits per heavy atom. The van der Waals surface area contributed by atoms with Crippen molar-refractivity contribution in [1.82, 2.24) is 4.98 Å². The third-order valence-corrected chi connectivity index (χ3v) is 6.79. The topological polar surface area (TPSA) is 16.1 Å². The van der Waals surface area contributed by atoms with Crippen LogP contribution in [0, 0.1) is 0 Å². The summed E-state index contributed by atoms with van der Waals surface area (Å²) in [6, 6.07) is 34.6. The minimum atomic E-state index is 0.851. The SMILES string of the molecule is C=C/C(=C\C=C/C)N(c1ccc(-c2ccc3c4c(cccc24)-c2ccccc2-3)cc1)c1ccccn1. The van der Waals surface area contributed by atoms with Gasteiger partial charge in [0, 0.05) is 17.6 Å². The van der Waals surface area contributed by atoms with Crippen LogP contribution in [-0.2, 0) is 0 Å². The van der Waals surface area contributed by atoms with E-state index in [1.807, 2.05) is 49.5 Å². The van der Waals surface area contributed by atoms with Crippen molar-refractivity contribution in [2.75, 3.05) is 4.90 Å². The van der Waals surface area contributed by atoms with Gasteiger partial charge in [0.25, 0.3) is 0 Å². The van der Waals surface area contributed by atoms with Crippen LogP contribution < -0.4 is 4.90 Å². The lowest BCUT2D eigenvalue weighted by molar-refractivity contribution is 1.13. The number of benzene rings is 4. The second kappa shape index (κ2) is 9.16. The number of pyridine rings is 1. The molecule has 36 heavy (non-hydrogen) atoms. The van der Waals surface area contributed by atoms with Crippen LogP contribution in [0.2, 0.25) is 0 Å². The molecule has 0 amide bonds. The molecule has 0 saturated heterocycles. The molecule has 5 aromatic rings. The van der Waals surface area contributed by atoms with Gasteiger partial charge >= 0.3 is 0 Å². The van der Waals surface area contributed by atoms with E-state index < -0.39 is 0 Å². The molecule has 172 valence electrons. The van der Waals surface area contributed by atoms with E-state index in [1.165, 1.54) is 44.2 Å². The summed E-state index contributed by atoms with van der Waals surface area (Å²) in [4.78, 5) is 6.74. The Morgan fingerprint density at radius 2 is 1.42 bits per heavy atom. The zero-order chi connectivity index (χ0) is 24.5. The second-order valence-corrected chi connectivity index (χ2v) is 8.83. The Morgan fingerprint density at radius 1 is 0.722 bits per heavy atom. The predicted octanol–water partition coefficient (Wildman–Crippen LogP) is 9.33. The van der Waals surface area contributed by atoms with Crippen LogP contribution in [0.5, 0.6) is 0 Å². The van der Waals surface area contributed by atoms with Crippen molar-refractivity contribution in [3.63, 3.8) is 0 Å². The normalized spacial score (nSPS) is 12.2. The molecule has 1 heterocycles. The molecule has 0 radical (unpaired) electrons. The summed E-state index contributed by atoms with van der Waals surface area (Å²) in [7, 11) is 0. The van der Waals surface area contributed by atoms with Gasteiger partial charge in [0.2, 0.25) is 0 Å². The van der Waals surface area contributed by atoms with Crippen molar-refractivity contribution in [3.8, 4) is 33.4 Å². The van der Waals surface area contributed by atoms with Gasteiger partial charge in [0.05, 0.1) is 0 Å². The Balaban J connectivity index is 1.45. The van der Waals surface area contributed by atoms with Crippen molar-refractivity contribution in [2.24, 2.45) is 0 Å². The van der Waals surface area contributed by atoms with Crippen molar-refractivity contribution in [1.29, 1.82) is 0 Å². The largest absolute Gasteiger partial charge is 0.295 e. The minimum absolute atomic E-state index is 0.851. The molecule has 6 rings (SSSR count). The van der Waals surface area contributed by atoms with E-state index in [0.717, 1.165) is 17.2 Å². The first kappa shape index (κ1) is 21.8. The first-order valence-corrected chi connectivity index (χ1v) is 12.2. The lowest BCUT2D eigenvalue weighted by Crippen LogP contribution is -2.16. The van der Waals surface area contributed by atoms with E-state index in [0.29, 0.717) is 0 Å². The molecule has 0 unspecified atom stereocenters. The fourth-order valence-electron chi connectivity index (χ4n) is 5.18. The molecule has 4 aromatic carbocycles. The van der Waals surface area contributed by atoms with E-state index >= 15 is 0 Å². The van der Waals surface area contributed by atoms with Gasteiger partial charge in [-0.15, -0.1) is 0 Å². The smallest absolute Gasteiger partial charge is 0.137 e. The molecule has 0 saturated carbocycles. The zero-order valence-electron chi connectivity index (χ0n) is 20.2. The Hall–Kier alpha value is -4.69. The number of nitrogens with zero attached hydrogens (tertiary/aromatic N) is 2. The molecule has 1 aromatic heterocycles. The van der Waals surface area contributed by atoms with Crippen LogP contribution in [0.1, 0.15) is 6.92 Å². The minimum Gasteiger partial charge on any atom is -0.295 e. The van der Waals surface area contributed by atoms with Gasteiger partial charge in [0.15, 0.2) is 0 Å². The van der Waals surface area contributed by atoms with Gasteiger partial charge in [0.1, 0.15) is 5.82 Å². The molecular formula is C34H26N2. The van der Waals surface area contributed by atoms with Gasteiger partial charge in [-0.1, -0.05) is 91.5 Å². The molecule has 2 heteroatoms. The molecule has 1 aliphatic rings. The van der Waals surface area contributed by atoms with Crippen LogP contribution in [-0.4, -0.2) is 4.98 Å². The molecule has 1 aliphatic carbocycles. The first-order valence-electron chi connectivity index (χ1n) is 12.2. The molecule has 0 atom stereocenters. The fourth-order valence-corrected chi connectivity index (χ4v) is 5.18. The summed E-state index contributed by atoms with van der Waals surface area (Å²) >= 11 is 0. The standard InChI is InChI=1S/C34H26N2/c1-3-5-11-25(4-2)36(33-16-8-9-23-35-33)26-19-17-24(18-20-26)27-21-22-32-29-13-7-6-12-28(29)31-15-10-14-30(27)34(31)32/h3-23H,2H2,1H3/b5-3-,25-11+. The highest BCUT2D eigenvalue weighted by Crippen LogP contribution is 2.49. The number of anilines is 2. The zero-order valence-corrected chi connectivity index (χ0v) is 20.2. The Bertz CT molecular complexity index is 1610. The van der Waals surface area contributed by atoms with E-state index in [9.17, 15) is 0 Å². The van der Waals surface area contributed by atoms with Gasteiger partial charge in [-0.05, 0) is 87.5 Å². The number of hydrogen-bond acceptors (Lipinski definition) is 2. The number of aromatic nitrogens is 1. The number of allylic oxidation sites excluding steroid dienone is 4. The molecule has 0 aliphatic heterocycles. The molecule has 2 nitrogen and oxygen atoms in total. The highest BCUT2D eigenvalue weighted by atomic mass is 15.2. The third-order valence-electron chi connectivity index (χ3n) is 6.79. The second-order valence-electron chi connectivity index (χ2n) is 8.83. The van der Waals surface area contributed by atoms with Crippen molar-refractivity contribution >= 4 is 22.3 Å². The lowest BCUT2D eigenvalue weighted by Gasteiger charge is -2.25. The molecule has 0 bridgehead atoms. The van der Waals surface area contributed by atoms with Crippen LogP contribution in [0.15, 0.2) is 140 Å². The average molecular weight is 463 g/mol. The van der Waals surface area contributed by atoms with Gasteiger partial charge < -0.3 is 0 Å². The third kappa shape index (κ3) is 3.55. The summed E-state index contributed by atoms with van der Waals surface area (Å²) in [5.41, 5.74) is 9.71. The molecule has 0 N–H and O–H groups in total. The first-order chi connectivity index (χ1) is 17.8. The van der Waals surface area contributed by atoms with E-state index in [4.69, 9.17) is 0 Å². The average Bonchev–Trinajstić information content (AvgIpc) is 3.27. The summed E-state index contributed by atoms with van der Waals surface area (Å²) in [6.07, 6.45) is 9.76. The molecule has 0 fully saturated rings. The van der Waals surface area contributed by atoms with Gasteiger partial charge in [-0.2, -0.15) is 0 Å². The lowest BCUT2D eigenvalue weighted by atomic mass is 9.94. The summed E-state index contributed by atoms with van der Waals surface area (Å²) in [5.74, 6) is 0.851. The fraction of sp³-hybridized carbons (Fsp3) is 0.0294. The number of fused-ring (bicyclic) bond motifs is 3. The monoisotopic (exact) mass is 462 g/mol. The number of rotatable bonds is 6. The van der Waals surface area contributed by atoms with Crippen molar-refractivity contribution in [2.45, 2.75) is 6.92 Å². The highest BCUT2D eigenvalue weighted by Gasteiger charge is 2.22. The molecule has 0 spiro atoms.